The van der Waals surface area contributed by atoms with Crippen molar-refractivity contribution in [2.24, 2.45) is 10.9 Å². The first-order chi connectivity index (χ1) is 12.5. The summed E-state index contributed by atoms with van der Waals surface area (Å²) in [5.41, 5.74) is 1.93. The Labute approximate surface area is 178 Å². The van der Waals surface area contributed by atoms with Crippen molar-refractivity contribution in [3.05, 3.63) is 29.8 Å². The van der Waals surface area contributed by atoms with Gasteiger partial charge in [0.15, 0.2) is 5.96 Å². The number of nitrogens with zero attached hydrogens (tertiary/aromatic N) is 1. The van der Waals surface area contributed by atoms with E-state index in [-0.39, 0.29) is 35.8 Å². The van der Waals surface area contributed by atoms with E-state index in [1.165, 1.54) is 6.42 Å². The van der Waals surface area contributed by atoms with Crippen LogP contribution in [0.2, 0.25) is 0 Å². The molecule has 0 spiro atoms. The highest BCUT2D eigenvalue weighted by Crippen LogP contribution is 2.34. The van der Waals surface area contributed by atoms with E-state index in [0.717, 1.165) is 36.6 Å². The van der Waals surface area contributed by atoms with Gasteiger partial charge in [-0.3, -0.25) is 4.79 Å². The Morgan fingerprint density at radius 1 is 1.26 bits per heavy atom. The van der Waals surface area contributed by atoms with Gasteiger partial charge in [-0.1, -0.05) is 26.0 Å². The van der Waals surface area contributed by atoms with Gasteiger partial charge in [0.2, 0.25) is 5.91 Å². The van der Waals surface area contributed by atoms with Crippen LogP contribution >= 0.6 is 24.0 Å². The first-order valence-electron chi connectivity index (χ1n) is 9.65. The van der Waals surface area contributed by atoms with Gasteiger partial charge in [0.1, 0.15) is 0 Å². The number of rotatable bonds is 6. The molecule has 0 saturated carbocycles. The highest BCUT2D eigenvalue weighted by atomic mass is 127. The summed E-state index contributed by atoms with van der Waals surface area (Å²) in [6, 6.07) is 8.22. The Hall–Kier alpha value is -1.35. The van der Waals surface area contributed by atoms with Gasteiger partial charge in [0, 0.05) is 18.2 Å². The van der Waals surface area contributed by atoms with Gasteiger partial charge in [0.25, 0.3) is 0 Å². The number of amides is 1. The monoisotopic (exact) mass is 486 g/mol. The second-order valence-electron chi connectivity index (χ2n) is 7.40. The first-order valence-corrected chi connectivity index (χ1v) is 9.65. The van der Waals surface area contributed by atoms with Crippen LogP contribution in [0.5, 0.6) is 0 Å². The van der Waals surface area contributed by atoms with Crippen LogP contribution in [-0.2, 0) is 16.1 Å². The minimum Gasteiger partial charge on any atom is -0.373 e. The molecule has 0 aromatic heterocycles. The van der Waals surface area contributed by atoms with Crippen molar-refractivity contribution in [3.63, 3.8) is 0 Å². The summed E-state index contributed by atoms with van der Waals surface area (Å²) in [5.74, 6) is 0.844. The molecule has 0 radical (unpaired) electrons. The second kappa shape index (κ2) is 10.3. The quantitative estimate of drug-likeness (QED) is 0.328. The van der Waals surface area contributed by atoms with Crippen LogP contribution in [0.25, 0.3) is 0 Å². The lowest BCUT2D eigenvalue weighted by molar-refractivity contribution is -0.118. The number of ether oxygens (including phenoxy) is 1. The number of carbonyl (C=O) groups is 1. The summed E-state index contributed by atoms with van der Waals surface area (Å²) in [7, 11) is 0. The van der Waals surface area contributed by atoms with Crippen LogP contribution in [0.1, 0.15) is 45.6 Å². The Kier molecular flexibility index (Phi) is 8.34. The number of fused-ring (bicyclic) bond motifs is 2. The Balaban J connectivity index is 0.00000261. The fourth-order valence-electron chi connectivity index (χ4n) is 3.44. The summed E-state index contributed by atoms with van der Waals surface area (Å²) >= 11 is 0. The van der Waals surface area contributed by atoms with Crippen molar-refractivity contribution in [2.75, 3.05) is 11.9 Å². The molecule has 2 bridgehead atoms. The zero-order chi connectivity index (χ0) is 18.5. The number of guanidine groups is 1. The number of hydrogen-bond donors (Lipinski definition) is 3. The lowest BCUT2D eigenvalue weighted by Crippen LogP contribution is -2.47. The molecule has 1 aromatic carbocycles. The molecule has 2 aliphatic rings. The van der Waals surface area contributed by atoms with E-state index in [1.807, 2.05) is 38.1 Å². The van der Waals surface area contributed by atoms with Crippen molar-refractivity contribution in [1.29, 1.82) is 0 Å². The minimum atomic E-state index is -0.0251. The van der Waals surface area contributed by atoms with Crippen molar-refractivity contribution in [3.8, 4) is 0 Å². The molecule has 1 aromatic rings. The van der Waals surface area contributed by atoms with Gasteiger partial charge in [-0.2, -0.15) is 0 Å². The third-order valence-electron chi connectivity index (χ3n) is 4.94. The highest BCUT2D eigenvalue weighted by Gasteiger charge is 2.41. The van der Waals surface area contributed by atoms with Gasteiger partial charge in [-0.15, -0.1) is 24.0 Å². The lowest BCUT2D eigenvalue weighted by atomic mass is 9.96. The predicted octanol–water partition coefficient (Wildman–Crippen LogP) is 3.27. The maximum Gasteiger partial charge on any atom is 0.226 e. The predicted molar refractivity (Wildman–Crippen MR) is 120 cm³/mol. The molecule has 7 heteroatoms. The van der Waals surface area contributed by atoms with Gasteiger partial charge in [0.05, 0.1) is 24.8 Å². The summed E-state index contributed by atoms with van der Waals surface area (Å²) in [5, 5.41) is 9.74. The average Bonchev–Trinajstić information content (AvgIpc) is 3.24. The number of anilines is 1. The zero-order valence-corrected chi connectivity index (χ0v) is 18.7. The van der Waals surface area contributed by atoms with Crippen molar-refractivity contribution < 1.29 is 9.53 Å². The van der Waals surface area contributed by atoms with Crippen LogP contribution in [0.4, 0.5) is 5.69 Å². The van der Waals surface area contributed by atoms with Crippen molar-refractivity contribution in [1.82, 2.24) is 10.6 Å². The summed E-state index contributed by atoms with van der Waals surface area (Å²) in [6.45, 7) is 7.26. The fourth-order valence-corrected chi connectivity index (χ4v) is 3.44. The average molecular weight is 486 g/mol. The van der Waals surface area contributed by atoms with Crippen molar-refractivity contribution in [2.45, 2.75) is 64.8 Å². The van der Waals surface area contributed by atoms with E-state index < -0.39 is 0 Å². The molecule has 2 aliphatic heterocycles. The normalized spacial score (nSPS) is 23.9. The Bertz CT molecular complexity index is 648. The molecule has 2 fully saturated rings. The van der Waals surface area contributed by atoms with Gasteiger partial charge in [-0.25, -0.2) is 4.99 Å². The van der Waals surface area contributed by atoms with Crippen LogP contribution < -0.4 is 16.0 Å². The van der Waals surface area contributed by atoms with Crippen LogP contribution in [-0.4, -0.2) is 36.7 Å². The molecule has 3 unspecified atom stereocenters. The van der Waals surface area contributed by atoms with Crippen LogP contribution in [0, 0.1) is 5.92 Å². The third kappa shape index (κ3) is 6.07. The highest BCUT2D eigenvalue weighted by molar-refractivity contribution is 14.0. The first kappa shape index (κ1) is 21.9. The molecule has 3 atom stereocenters. The molecule has 1 amide bonds. The minimum absolute atomic E-state index is 0. The molecule has 3 rings (SSSR count). The van der Waals surface area contributed by atoms with E-state index in [1.54, 1.807) is 0 Å². The van der Waals surface area contributed by atoms with Crippen molar-refractivity contribution >= 4 is 41.5 Å². The molecular weight excluding hydrogens is 455 g/mol. The molecule has 0 aliphatic carbocycles. The van der Waals surface area contributed by atoms with Gasteiger partial charge >= 0.3 is 0 Å². The zero-order valence-electron chi connectivity index (χ0n) is 16.3. The van der Waals surface area contributed by atoms with Gasteiger partial charge in [-0.05, 0) is 43.9 Å². The van der Waals surface area contributed by atoms with Crippen LogP contribution in [0.15, 0.2) is 29.3 Å². The molecule has 2 saturated heterocycles. The molecular formula is C20H31IN4O2. The van der Waals surface area contributed by atoms with E-state index >= 15 is 0 Å². The number of halogens is 1. The van der Waals surface area contributed by atoms with E-state index in [4.69, 9.17) is 9.73 Å². The molecule has 2 heterocycles. The van der Waals surface area contributed by atoms with E-state index in [9.17, 15) is 4.79 Å². The van der Waals surface area contributed by atoms with Crippen LogP contribution in [0.3, 0.4) is 0 Å². The van der Waals surface area contributed by atoms with E-state index in [0.29, 0.717) is 24.8 Å². The van der Waals surface area contributed by atoms with Gasteiger partial charge < -0.3 is 20.7 Å². The van der Waals surface area contributed by atoms with E-state index in [2.05, 4.69) is 22.9 Å². The third-order valence-corrected chi connectivity index (χ3v) is 4.94. The molecule has 6 nitrogen and oxygen atoms in total. The number of hydrogen-bond acceptors (Lipinski definition) is 3. The SMILES string of the molecule is CCNC(=NCc1ccc(NC(=O)C(C)C)cc1)NC1CC2CCC1O2.I. The lowest BCUT2D eigenvalue weighted by Gasteiger charge is -2.22. The Morgan fingerprint density at radius 2 is 2.00 bits per heavy atom. The molecule has 150 valence electrons. The number of benzene rings is 1. The Morgan fingerprint density at radius 3 is 2.56 bits per heavy atom. The largest absolute Gasteiger partial charge is 0.373 e. The smallest absolute Gasteiger partial charge is 0.226 e. The maximum absolute atomic E-state index is 11.7. The topological polar surface area (TPSA) is 74.8 Å². The maximum atomic E-state index is 11.7. The molecule has 27 heavy (non-hydrogen) atoms. The fraction of sp³-hybridized carbons (Fsp3) is 0.600. The summed E-state index contributed by atoms with van der Waals surface area (Å²) in [4.78, 5) is 16.4. The number of aliphatic imine (C=N–C) groups is 1. The second-order valence-corrected chi connectivity index (χ2v) is 7.40. The number of carbonyl (C=O) groups excluding carboxylic acids is 1. The molecule has 3 N–H and O–H groups in total. The standard InChI is InChI=1S/C20H30N4O2.HI/c1-4-21-20(24-17-11-16-9-10-18(17)26-16)22-12-14-5-7-15(8-6-14)23-19(25)13(2)3;/h5-8,13,16-18H,4,9-12H2,1-3H3,(H,23,25)(H2,21,22,24);1H. The summed E-state index contributed by atoms with van der Waals surface area (Å²) in [6.07, 6.45) is 4.16. The summed E-state index contributed by atoms with van der Waals surface area (Å²) < 4.78 is 5.91. The number of nitrogens with one attached hydrogen (secondary N) is 3.